The van der Waals surface area contributed by atoms with Gasteiger partial charge >= 0.3 is 0 Å². The third-order valence-corrected chi connectivity index (χ3v) is 3.03. The number of nitrogens with two attached hydrogens (primary N) is 1. The summed E-state index contributed by atoms with van der Waals surface area (Å²) in [5, 5.41) is 2.98. The van der Waals surface area contributed by atoms with E-state index in [1.54, 1.807) is 13.8 Å². The quantitative estimate of drug-likeness (QED) is 0.805. The van der Waals surface area contributed by atoms with Crippen LogP contribution >= 0.6 is 0 Å². The third kappa shape index (κ3) is 4.16. The van der Waals surface area contributed by atoms with Gasteiger partial charge in [0, 0.05) is 12.5 Å². The summed E-state index contributed by atoms with van der Waals surface area (Å²) in [6.45, 7) is 5.73. The van der Waals surface area contributed by atoms with Crippen LogP contribution in [0.3, 0.4) is 0 Å². The van der Waals surface area contributed by atoms with Gasteiger partial charge < -0.3 is 15.8 Å². The number of likely N-dealkylation sites (N-methyl/N-ethyl adjacent to an activating group) is 1. The molecule has 2 unspecified atom stereocenters. The maximum absolute atomic E-state index is 13.5. The van der Waals surface area contributed by atoms with Crippen LogP contribution in [0.15, 0.2) is 18.2 Å². The Morgan fingerprint density at radius 2 is 2.15 bits per heavy atom. The van der Waals surface area contributed by atoms with Crippen molar-refractivity contribution in [2.45, 2.75) is 38.8 Å². The minimum atomic E-state index is -0.960. The lowest BCUT2D eigenvalue weighted by Gasteiger charge is -2.30. The van der Waals surface area contributed by atoms with Crippen molar-refractivity contribution in [1.29, 1.82) is 0 Å². The van der Waals surface area contributed by atoms with Gasteiger partial charge in [-0.25, -0.2) is 8.78 Å². The summed E-state index contributed by atoms with van der Waals surface area (Å²) in [6, 6.07) is 2.98. The summed E-state index contributed by atoms with van der Waals surface area (Å²) in [7, 11) is 0. The Bertz CT molecular complexity index is 482. The molecule has 0 heterocycles. The smallest absolute Gasteiger partial charge is 0.237 e. The molecule has 1 amide bonds. The van der Waals surface area contributed by atoms with Crippen LogP contribution in [0.2, 0.25) is 0 Å². The Balaban J connectivity index is 2.78. The SMILES string of the molecule is CCNC(C)(CC(C)Oc1cc(F)ccc1F)C(N)=O. The first-order valence-corrected chi connectivity index (χ1v) is 6.45. The second-order valence-corrected chi connectivity index (χ2v) is 4.93. The summed E-state index contributed by atoms with van der Waals surface area (Å²) in [5.41, 5.74) is 4.40. The number of hydrogen-bond donors (Lipinski definition) is 2. The van der Waals surface area contributed by atoms with Gasteiger partial charge in [-0.2, -0.15) is 0 Å². The van der Waals surface area contributed by atoms with E-state index in [4.69, 9.17) is 10.5 Å². The number of ether oxygens (including phenoxy) is 1. The van der Waals surface area contributed by atoms with Crippen molar-refractivity contribution in [3.63, 3.8) is 0 Å². The van der Waals surface area contributed by atoms with E-state index in [9.17, 15) is 13.6 Å². The van der Waals surface area contributed by atoms with Crippen LogP contribution in [0.5, 0.6) is 5.75 Å². The number of halogens is 2. The monoisotopic (exact) mass is 286 g/mol. The average Bonchev–Trinajstić information content (AvgIpc) is 2.33. The first-order valence-electron chi connectivity index (χ1n) is 6.45. The van der Waals surface area contributed by atoms with Gasteiger partial charge in [-0.15, -0.1) is 0 Å². The number of nitrogens with one attached hydrogen (secondary N) is 1. The predicted molar refractivity (Wildman–Crippen MR) is 72.3 cm³/mol. The molecule has 0 aliphatic rings. The largest absolute Gasteiger partial charge is 0.487 e. The van der Waals surface area contributed by atoms with Crippen LogP contribution in [-0.4, -0.2) is 24.1 Å². The maximum Gasteiger partial charge on any atom is 0.237 e. The van der Waals surface area contributed by atoms with Gasteiger partial charge in [-0.1, -0.05) is 6.92 Å². The number of rotatable bonds is 7. The van der Waals surface area contributed by atoms with Crippen molar-refractivity contribution >= 4 is 5.91 Å². The van der Waals surface area contributed by atoms with E-state index in [0.29, 0.717) is 6.54 Å². The minimum absolute atomic E-state index is 0.180. The molecule has 0 aliphatic heterocycles. The highest BCUT2D eigenvalue weighted by Crippen LogP contribution is 2.22. The maximum atomic E-state index is 13.5. The van der Waals surface area contributed by atoms with Crippen molar-refractivity contribution in [3.05, 3.63) is 29.8 Å². The number of benzene rings is 1. The van der Waals surface area contributed by atoms with Crippen LogP contribution in [0.1, 0.15) is 27.2 Å². The second-order valence-electron chi connectivity index (χ2n) is 4.93. The van der Waals surface area contributed by atoms with Crippen LogP contribution in [0.4, 0.5) is 8.78 Å². The molecule has 20 heavy (non-hydrogen) atoms. The zero-order valence-corrected chi connectivity index (χ0v) is 11.9. The number of carbonyl (C=O) groups is 1. The Kier molecular flexibility index (Phi) is 5.44. The lowest BCUT2D eigenvalue weighted by atomic mass is 9.94. The normalized spacial score (nSPS) is 15.4. The van der Waals surface area contributed by atoms with E-state index in [1.807, 2.05) is 6.92 Å². The molecule has 1 rings (SSSR count). The zero-order valence-electron chi connectivity index (χ0n) is 11.9. The molecule has 2 atom stereocenters. The second kappa shape index (κ2) is 6.65. The minimum Gasteiger partial charge on any atom is -0.487 e. The Hall–Kier alpha value is -1.69. The molecule has 0 radical (unpaired) electrons. The van der Waals surface area contributed by atoms with E-state index < -0.39 is 29.2 Å². The standard InChI is InChI=1S/C14H20F2N2O2/c1-4-18-14(3,13(17)19)8-9(2)20-12-7-10(15)5-6-11(12)16/h5-7,9,18H,4,8H2,1-3H3,(H2,17,19). The molecule has 1 aromatic rings. The molecule has 3 N–H and O–H groups in total. The van der Waals surface area contributed by atoms with Crippen molar-refractivity contribution < 1.29 is 18.3 Å². The summed E-state index contributed by atoms with van der Waals surface area (Å²) >= 11 is 0. The molecule has 0 aromatic heterocycles. The fourth-order valence-electron chi connectivity index (χ4n) is 2.05. The summed E-state index contributed by atoms with van der Waals surface area (Å²) in [6.07, 6.45) is -0.269. The zero-order chi connectivity index (χ0) is 15.3. The Morgan fingerprint density at radius 1 is 1.50 bits per heavy atom. The van der Waals surface area contributed by atoms with E-state index in [2.05, 4.69) is 5.32 Å². The van der Waals surface area contributed by atoms with Gasteiger partial charge in [0.2, 0.25) is 5.91 Å². The van der Waals surface area contributed by atoms with Gasteiger partial charge in [-0.05, 0) is 32.5 Å². The fourth-order valence-corrected chi connectivity index (χ4v) is 2.05. The molecule has 6 heteroatoms. The third-order valence-electron chi connectivity index (χ3n) is 3.03. The summed E-state index contributed by atoms with van der Waals surface area (Å²) in [5.74, 6) is -1.93. The highest BCUT2D eigenvalue weighted by molar-refractivity contribution is 5.84. The molecule has 0 spiro atoms. The molecule has 1 aromatic carbocycles. The van der Waals surface area contributed by atoms with E-state index in [1.165, 1.54) is 0 Å². The van der Waals surface area contributed by atoms with Crippen molar-refractivity contribution in [1.82, 2.24) is 5.32 Å². The topological polar surface area (TPSA) is 64.3 Å². The molecule has 0 bridgehead atoms. The van der Waals surface area contributed by atoms with Crippen molar-refractivity contribution in [2.24, 2.45) is 5.73 Å². The molecule has 0 saturated heterocycles. The molecular weight excluding hydrogens is 266 g/mol. The lowest BCUT2D eigenvalue weighted by molar-refractivity contribution is -0.124. The Labute approximate surface area is 117 Å². The van der Waals surface area contributed by atoms with E-state index >= 15 is 0 Å². The van der Waals surface area contributed by atoms with Crippen molar-refractivity contribution in [2.75, 3.05) is 6.54 Å². The number of amides is 1. The van der Waals surface area contributed by atoms with Gasteiger partial charge in [0.1, 0.15) is 5.82 Å². The predicted octanol–water partition coefficient (Wildman–Crippen LogP) is 1.98. The summed E-state index contributed by atoms with van der Waals surface area (Å²) < 4.78 is 31.9. The van der Waals surface area contributed by atoms with E-state index in [0.717, 1.165) is 18.2 Å². The molecule has 0 fully saturated rings. The van der Waals surface area contributed by atoms with Gasteiger partial charge in [0.05, 0.1) is 11.6 Å². The number of primary amides is 1. The van der Waals surface area contributed by atoms with Gasteiger partial charge in [-0.3, -0.25) is 4.79 Å². The van der Waals surface area contributed by atoms with E-state index in [-0.39, 0.29) is 12.2 Å². The van der Waals surface area contributed by atoms with Crippen LogP contribution in [0, 0.1) is 11.6 Å². The molecule has 4 nitrogen and oxygen atoms in total. The first-order chi connectivity index (χ1) is 9.28. The summed E-state index contributed by atoms with van der Waals surface area (Å²) in [4.78, 5) is 11.5. The number of carbonyl (C=O) groups excluding carboxylic acids is 1. The van der Waals surface area contributed by atoms with Crippen LogP contribution in [-0.2, 0) is 4.79 Å². The molecule has 0 saturated carbocycles. The lowest BCUT2D eigenvalue weighted by Crippen LogP contribution is -2.55. The highest BCUT2D eigenvalue weighted by atomic mass is 19.1. The fraction of sp³-hybridized carbons (Fsp3) is 0.500. The van der Waals surface area contributed by atoms with Crippen LogP contribution < -0.4 is 15.8 Å². The molecule has 0 aliphatic carbocycles. The number of hydrogen-bond acceptors (Lipinski definition) is 3. The van der Waals surface area contributed by atoms with Crippen molar-refractivity contribution in [3.8, 4) is 5.75 Å². The van der Waals surface area contributed by atoms with Gasteiger partial charge in [0.15, 0.2) is 11.6 Å². The van der Waals surface area contributed by atoms with Gasteiger partial charge in [0.25, 0.3) is 0 Å². The molecule has 112 valence electrons. The first kappa shape index (κ1) is 16.4. The molecular formula is C14H20F2N2O2. The van der Waals surface area contributed by atoms with Crippen LogP contribution in [0.25, 0.3) is 0 Å². The average molecular weight is 286 g/mol. The highest BCUT2D eigenvalue weighted by Gasteiger charge is 2.32. The Morgan fingerprint density at radius 3 is 2.70 bits per heavy atom.